The third-order valence-corrected chi connectivity index (χ3v) is 2.80. The first-order chi connectivity index (χ1) is 9.08. The molecule has 0 fully saturated rings. The van der Waals surface area contributed by atoms with Crippen LogP contribution in [0.1, 0.15) is 21.6 Å². The summed E-state index contributed by atoms with van der Waals surface area (Å²) < 4.78 is 0. The molecule has 0 bridgehead atoms. The molecule has 6 heteroatoms. The van der Waals surface area contributed by atoms with Crippen molar-refractivity contribution in [2.45, 2.75) is 6.92 Å². The standard InChI is InChI=1S/C13H12N4OS/c1-8-2-3-9(12(14)19)6-10(8)17-13(18)11-7-15-4-5-16-11/h2-7H,1H3,(H2,14,19)(H,17,18). The number of nitrogens with zero attached hydrogens (tertiary/aromatic N) is 2. The highest BCUT2D eigenvalue weighted by Gasteiger charge is 2.10. The zero-order valence-corrected chi connectivity index (χ0v) is 11.1. The highest BCUT2D eigenvalue weighted by Crippen LogP contribution is 2.17. The molecule has 0 radical (unpaired) electrons. The zero-order chi connectivity index (χ0) is 13.8. The van der Waals surface area contributed by atoms with Gasteiger partial charge < -0.3 is 11.1 Å². The van der Waals surface area contributed by atoms with Crippen molar-refractivity contribution in [1.82, 2.24) is 9.97 Å². The van der Waals surface area contributed by atoms with Crippen LogP contribution in [0.5, 0.6) is 0 Å². The van der Waals surface area contributed by atoms with Crippen molar-refractivity contribution >= 4 is 28.8 Å². The molecule has 19 heavy (non-hydrogen) atoms. The third kappa shape index (κ3) is 3.11. The molecule has 5 nitrogen and oxygen atoms in total. The second-order valence-electron chi connectivity index (χ2n) is 3.94. The summed E-state index contributed by atoms with van der Waals surface area (Å²) in [5, 5.41) is 2.77. The van der Waals surface area contributed by atoms with E-state index in [1.807, 2.05) is 19.1 Å². The predicted molar refractivity (Wildman–Crippen MR) is 77.1 cm³/mol. The molecule has 2 aromatic rings. The average molecular weight is 272 g/mol. The van der Waals surface area contributed by atoms with Crippen LogP contribution in [0, 0.1) is 6.92 Å². The fourth-order valence-electron chi connectivity index (χ4n) is 1.51. The molecule has 0 atom stereocenters. The maximum Gasteiger partial charge on any atom is 0.275 e. The molecule has 1 amide bonds. The van der Waals surface area contributed by atoms with Crippen molar-refractivity contribution in [3.05, 3.63) is 53.6 Å². The summed E-state index contributed by atoms with van der Waals surface area (Å²) in [6.45, 7) is 1.88. The fraction of sp³-hybridized carbons (Fsp3) is 0.0769. The first kappa shape index (κ1) is 13.1. The molecule has 0 spiro atoms. The van der Waals surface area contributed by atoms with Crippen molar-refractivity contribution in [2.75, 3.05) is 5.32 Å². The molecule has 0 aliphatic rings. The Labute approximate surface area is 115 Å². The Bertz CT molecular complexity index is 628. The van der Waals surface area contributed by atoms with Gasteiger partial charge in [-0.25, -0.2) is 4.98 Å². The van der Waals surface area contributed by atoms with Crippen molar-refractivity contribution in [2.24, 2.45) is 5.73 Å². The molecule has 0 saturated heterocycles. The van der Waals surface area contributed by atoms with Crippen LogP contribution < -0.4 is 11.1 Å². The summed E-state index contributed by atoms with van der Waals surface area (Å²) in [4.78, 5) is 20.0. The summed E-state index contributed by atoms with van der Waals surface area (Å²) in [5.74, 6) is -0.323. The SMILES string of the molecule is Cc1ccc(C(N)=S)cc1NC(=O)c1cnccn1. The Morgan fingerprint density at radius 3 is 2.79 bits per heavy atom. The molecule has 0 aliphatic heterocycles. The average Bonchev–Trinajstić information content (AvgIpc) is 2.42. The second kappa shape index (κ2) is 5.53. The number of aryl methyl sites for hydroxylation is 1. The van der Waals surface area contributed by atoms with E-state index in [9.17, 15) is 4.79 Å². The van der Waals surface area contributed by atoms with Crippen LogP contribution in [0.15, 0.2) is 36.8 Å². The van der Waals surface area contributed by atoms with Crippen LogP contribution in [0.2, 0.25) is 0 Å². The Morgan fingerprint density at radius 2 is 2.16 bits per heavy atom. The van der Waals surface area contributed by atoms with E-state index in [0.29, 0.717) is 11.3 Å². The topological polar surface area (TPSA) is 80.9 Å². The van der Waals surface area contributed by atoms with Crippen LogP contribution in [-0.4, -0.2) is 20.9 Å². The molecule has 1 heterocycles. The van der Waals surface area contributed by atoms with Gasteiger partial charge in [-0.15, -0.1) is 0 Å². The number of anilines is 1. The van der Waals surface area contributed by atoms with Gasteiger partial charge in [-0.3, -0.25) is 9.78 Å². The van der Waals surface area contributed by atoms with Crippen LogP contribution in [0.25, 0.3) is 0 Å². The van der Waals surface area contributed by atoms with Crippen molar-refractivity contribution < 1.29 is 4.79 Å². The Balaban J connectivity index is 2.26. The lowest BCUT2D eigenvalue weighted by molar-refractivity contribution is 0.102. The van der Waals surface area contributed by atoms with Gasteiger partial charge in [0.2, 0.25) is 0 Å². The normalized spacial score (nSPS) is 9.95. The maximum atomic E-state index is 12.0. The van der Waals surface area contributed by atoms with Gasteiger partial charge in [0.1, 0.15) is 10.7 Å². The molecule has 0 aliphatic carbocycles. The Kier molecular flexibility index (Phi) is 3.82. The summed E-state index contributed by atoms with van der Waals surface area (Å²) >= 11 is 4.91. The van der Waals surface area contributed by atoms with E-state index in [1.165, 1.54) is 18.6 Å². The molecule has 0 unspecified atom stereocenters. The first-order valence-corrected chi connectivity index (χ1v) is 5.96. The number of hydrogen-bond donors (Lipinski definition) is 2. The summed E-state index contributed by atoms with van der Waals surface area (Å²) in [6.07, 6.45) is 4.38. The molecule has 3 N–H and O–H groups in total. The minimum absolute atomic E-state index is 0.252. The quantitative estimate of drug-likeness (QED) is 0.831. The van der Waals surface area contributed by atoms with E-state index in [2.05, 4.69) is 15.3 Å². The minimum atomic E-state index is -0.323. The molecule has 96 valence electrons. The highest BCUT2D eigenvalue weighted by molar-refractivity contribution is 7.80. The van der Waals surface area contributed by atoms with E-state index < -0.39 is 0 Å². The molecule has 1 aromatic carbocycles. The predicted octanol–water partition coefficient (Wildman–Crippen LogP) is 1.67. The highest BCUT2D eigenvalue weighted by atomic mass is 32.1. The number of benzene rings is 1. The van der Waals surface area contributed by atoms with Crippen molar-refractivity contribution in [1.29, 1.82) is 0 Å². The molecular weight excluding hydrogens is 260 g/mol. The van der Waals surface area contributed by atoms with E-state index in [1.54, 1.807) is 6.07 Å². The first-order valence-electron chi connectivity index (χ1n) is 5.56. The van der Waals surface area contributed by atoms with Crippen LogP contribution >= 0.6 is 12.2 Å². The minimum Gasteiger partial charge on any atom is -0.389 e. The molecule has 0 saturated carbocycles. The molecule has 2 rings (SSSR count). The van der Waals surface area contributed by atoms with E-state index in [4.69, 9.17) is 18.0 Å². The van der Waals surface area contributed by atoms with E-state index >= 15 is 0 Å². The van der Waals surface area contributed by atoms with Crippen LogP contribution in [-0.2, 0) is 0 Å². The third-order valence-electron chi connectivity index (χ3n) is 2.57. The maximum absolute atomic E-state index is 12.0. The summed E-state index contributed by atoms with van der Waals surface area (Å²) in [7, 11) is 0. The van der Waals surface area contributed by atoms with E-state index in [-0.39, 0.29) is 16.6 Å². The van der Waals surface area contributed by atoms with Gasteiger partial charge in [0, 0.05) is 23.6 Å². The lowest BCUT2D eigenvalue weighted by atomic mass is 10.1. The lowest BCUT2D eigenvalue weighted by Crippen LogP contribution is -2.16. The van der Waals surface area contributed by atoms with Gasteiger partial charge >= 0.3 is 0 Å². The largest absolute Gasteiger partial charge is 0.389 e. The number of nitrogens with two attached hydrogens (primary N) is 1. The fourth-order valence-corrected chi connectivity index (χ4v) is 1.64. The number of thiocarbonyl (C=S) groups is 1. The number of nitrogens with one attached hydrogen (secondary N) is 1. The van der Waals surface area contributed by atoms with Crippen molar-refractivity contribution in [3.8, 4) is 0 Å². The van der Waals surface area contributed by atoms with Crippen molar-refractivity contribution in [3.63, 3.8) is 0 Å². The summed E-state index contributed by atoms with van der Waals surface area (Å²) in [6, 6.07) is 5.41. The Morgan fingerprint density at radius 1 is 1.37 bits per heavy atom. The van der Waals surface area contributed by atoms with E-state index in [0.717, 1.165) is 5.56 Å². The number of hydrogen-bond acceptors (Lipinski definition) is 4. The van der Waals surface area contributed by atoms with Crippen LogP contribution in [0.4, 0.5) is 5.69 Å². The van der Waals surface area contributed by atoms with Gasteiger partial charge in [-0.05, 0) is 18.6 Å². The molecular formula is C13H12N4OS. The number of aromatic nitrogens is 2. The Hall–Kier alpha value is -2.34. The van der Waals surface area contributed by atoms with Gasteiger partial charge in [0.05, 0.1) is 6.20 Å². The second-order valence-corrected chi connectivity index (χ2v) is 4.38. The van der Waals surface area contributed by atoms with Gasteiger partial charge in [0.25, 0.3) is 5.91 Å². The smallest absolute Gasteiger partial charge is 0.275 e. The van der Waals surface area contributed by atoms with Gasteiger partial charge in [-0.1, -0.05) is 24.4 Å². The number of amides is 1. The molecule has 1 aromatic heterocycles. The number of carbonyl (C=O) groups excluding carboxylic acids is 1. The number of carbonyl (C=O) groups is 1. The zero-order valence-electron chi connectivity index (χ0n) is 10.3. The monoisotopic (exact) mass is 272 g/mol. The summed E-state index contributed by atoms with van der Waals surface area (Å²) in [5.41, 5.74) is 8.09. The lowest BCUT2D eigenvalue weighted by Gasteiger charge is -2.09. The van der Waals surface area contributed by atoms with Gasteiger partial charge in [0.15, 0.2) is 0 Å². The van der Waals surface area contributed by atoms with Crippen LogP contribution in [0.3, 0.4) is 0 Å². The van der Waals surface area contributed by atoms with Gasteiger partial charge in [-0.2, -0.15) is 0 Å². The number of rotatable bonds is 3.